The number of sulfonamides is 1. The van der Waals surface area contributed by atoms with Gasteiger partial charge in [-0.25, -0.2) is 18.4 Å². The number of nitrogens with zero attached hydrogens (tertiary/aromatic N) is 2. The summed E-state index contributed by atoms with van der Waals surface area (Å²) < 4.78 is 30.0. The van der Waals surface area contributed by atoms with Crippen molar-refractivity contribution >= 4 is 22.3 Å². The summed E-state index contributed by atoms with van der Waals surface area (Å²) in [5.41, 5.74) is 1.46. The molecular weight excluding hydrogens is 304 g/mol. The minimum atomic E-state index is -3.36. The maximum absolute atomic E-state index is 11.3. The number of rotatable bonds is 7. The van der Waals surface area contributed by atoms with Gasteiger partial charge in [-0.3, -0.25) is 4.72 Å². The molecule has 1 aliphatic rings. The van der Waals surface area contributed by atoms with Gasteiger partial charge in [-0.1, -0.05) is 26.0 Å². The molecule has 0 saturated heterocycles. The molecule has 0 aliphatic carbocycles. The van der Waals surface area contributed by atoms with E-state index < -0.39 is 10.0 Å². The smallest absolute Gasteiger partial charge is 0.235 e. The van der Waals surface area contributed by atoms with Gasteiger partial charge in [-0.05, 0) is 12.8 Å². The fraction of sp³-hybridized carbons (Fsp3) is 0.571. The Hall–Kier alpha value is -1.83. The summed E-state index contributed by atoms with van der Waals surface area (Å²) >= 11 is 0. The molecule has 0 spiro atoms. The molecule has 0 amide bonds. The third-order valence-electron chi connectivity index (χ3n) is 2.85. The number of hydrogen-bond donors (Lipinski definition) is 2. The van der Waals surface area contributed by atoms with Crippen LogP contribution < -0.4 is 10.0 Å². The number of nitrogens with one attached hydrogen (secondary N) is 2. The Bertz CT molecular complexity index is 591. The largest absolute Gasteiger partial charge is 0.480 e. The SMILES string of the molecule is CC/C=C(\CC)NC=NC1CC=C(NS(C)(=O)=O)C(OC)=N1. The molecule has 124 valence electrons. The van der Waals surface area contributed by atoms with Gasteiger partial charge >= 0.3 is 0 Å². The van der Waals surface area contributed by atoms with Crippen LogP contribution in [0, 0.1) is 0 Å². The van der Waals surface area contributed by atoms with Crippen molar-refractivity contribution in [2.75, 3.05) is 13.4 Å². The molecule has 2 N–H and O–H groups in total. The third kappa shape index (κ3) is 6.30. The summed E-state index contributed by atoms with van der Waals surface area (Å²) in [7, 11) is -1.91. The molecule has 1 heterocycles. The van der Waals surface area contributed by atoms with E-state index in [1.165, 1.54) is 7.11 Å². The van der Waals surface area contributed by atoms with E-state index in [-0.39, 0.29) is 12.1 Å². The highest BCUT2D eigenvalue weighted by Crippen LogP contribution is 2.13. The minimum absolute atomic E-state index is 0.235. The van der Waals surface area contributed by atoms with Crippen LogP contribution in [0.5, 0.6) is 0 Å². The minimum Gasteiger partial charge on any atom is -0.480 e. The van der Waals surface area contributed by atoms with E-state index in [1.54, 1.807) is 12.4 Å². The monoisotopic (exact) mass is 328 g/mol. The molecule has 0 aromatic carbocycles. The molecule has 1 atom stereocenters. The first-order chi connectivity index (χ1) is 10.4. The number of hydrogen-bond acceptors (Lipinski definition) is 5. The summed E-state index contributed by atoms with van der Waals surface area (Å²) in [6.45, 7) is 4.14. The Morgan fingerprint density at radius 2 is 2.27 bits per heavy atom. The fourth-order valence-corrected chi connectivity index (χ4v) is 2.44. The number of methoxy groups -OCH3 is 1. The van der Waals surface area contributed by atoms with Crippen molar-refractivity contribution in [1.29, 1.82) is 0 Å². The molecule has 0 radical (unpaired) electrons. The van der Waals surface area contributed by atoms with Crippen LogP contribution in [0.15, 0.2) is 33.5 Å². The fourth-order valence-electron chi connectivity index (χ4n) is 1.87. The molecule has 1 rings (SSSR count). The standard InChI is InChI=1S/C14H24N4O3S/c1-5-7-11(6-2)15-10-16-13-9-8-12(14(17-13)21-3)18-22(4,19)20/h7-8,10,13,18H,5-6,9H2,1-4H3,(H,15,16)/b11-7+. The van der Waals surface area contributed by atoms with Crippen molar-refractivity contribution in [3.05, 3.63) is 23.5 Å². The van der Waals surface area contributed by atoms with Gasteiger partial charge in [0, 0.05) is 12.1 Å². The highest BCUT2D eigenvalue weighted by Gasteiger charge is 2.19. The van der Waals surface area contributed by atoms with Crippen molar-refractivity contribution in [3.63, 3.8) is 0 Å². The van der Waals surface area contributed by atoms with Gasteiger partial charge in [0.2, 0.25) is 15.9 Å². The van der Waals surface area contributed by atoms with Gasteiger partial charge in [0.25, 0.3) is 0 Å². The Balaban J connectivity index is 2.70. The number of allylic oxidation sites excluding steroid dienone is 2. The molecule has 22 heavy (non-hydrogen) atoms. The zero-order valence-electron chi connectivity index (χ0n) is 13.5. The lowest BCUT2D eigenvalue weighted by molar-refractivity contribution is 0.393. The molecule has 0 saturated carbocycles. The van der Waals surface area contributed by atoms with E-state index >= 15 is 0 Å². The average Bonchev–Trinajstić information content (AvgIpc) is 2.46. The van der Waals surface area contributed by atoms with Crippen molar-refractivity contribution in [2.45, 2.75) is 39.3 Å². The highest BCUT2D eigenvalue weighted by molar-refractivity contribution is 7.88. The first-order valence-corrected chi connectivity index (χ1v) is 9.06. The summed E-state index contributed by atoms with van der Waals surface area (Å²) in [5.74, 6) is 0.235. The third-order valence-corrected chi connectivity index (χ3v) is 3.44. The van der Waals surface area contributed by atoms with Crippen LogP contribution in [0.1, 0.15) is 33.1 Å². The zero-order chi connectivity index (χ0) is 16.6. The summed E-state index contributed by atoms with van der Waals surface area (Å²) in [4.78, 5) is 8.59. The van der Waals surface area contributed by atoms with E-state index in [2.05, 4.69) is 39.9 Å². The average molecular weight is 328 g/mol. The van der Waals surface area contributed by atoms with Crippen molar-refractivity contribution in [1.82, 2.24) is 10.0 Å². The predicted molar refractivity (Wildman–Crippen MR) is 89.2 cm³/mol. The van der Waals surface area contributed by atoms with Crippen LogP contribution in [0.4, 0.5) is 0 Å². The Labute approximate surface area is 132 Å². The predicted octanol–water partition coefficient (Wildman–Crippen LogP) is 1.52. The summed E-state index contributed by atoms with van der Waals surface area (Å²) in [6.07, 6.45) is 8.57. The molecule has 1 unspecified atom stereocenters. The summed E-state index contributed by atoms with van der Waals surface area (Å²) in [5, 5.41) is 3.13. The molecule has 8 heteroatoms. The summed E-state index contributed by atoms with van der Waals surface area (Å²) in [6, 6.07) is 0. The molecule has 0 aromatic heterocycles. The number of aliphatic imine (C=N–C) groups is 2. The van der Waals surface area contributed by atoms with E-state index in [4.69, 9.17) is 4.74 Å². The van der Waals surface area contributed by atoms with E-state index in [0.29, 0.717) is 12.1 Å². The molecule has 0 fully saturated rings. The molecule has 0 aromatic rings. The van der Waals surface area contributed by atoms with E-state index in [9.17, 15) is 8.42 Å². The van der Waals surface area contributed by atoms with Gasteiger partial charge in [0.15, 0.2) is 0 Å². The molecular formula is C14H24N4O3S. The van der Waals surface area contributed by atoms with Crippen molar-refractivity contribution in [2.24, 2.45) is 9.98 Å². The zero-order valence-corrected chi connectivity index (χ0v) is 14.3. The number of ether oxygens (including phenoxy) is 1. The molecule has 0 bridgehead atoms. The van der Waals surface area contributed by atoms with Crippen LogP contribution in [0.3, 0.4) is 0 Å². The van der Waals surface area contributed by atoms with Gasteiger partial charge in [0.05, 0.1) is 19.7 Å². The lowest BCUT2D eigenvalue weighted by atomic mass is 10.2. The number of dihydropyridines is 1. The second-order valence-corrected chi connectivity index (χ2v) is 6.51. The van der Waals surface area contributed by atoms with E-state index in [0.717, 1.165) is 24.8 Å². The molecule has 7 nitrogen and oxygen atoms in total. The topological polar surface area (TPSA) is 92.2 Å². The van der Waals surface area contributed by atoms with Gasteiger partial charge < -0.3 is 10.1 Å². The lowest BCUT2D eigenvalue weighted by Crippen LogP contribution is -2.30. The Morgan fingerprint density at radius 3 is 2.82 bits per heavy atom. The van der Waals surface area contributed by atoms with Crippen molar-refractivity contribution < 1.29 is 13.2 Å². The van der Waals surface area contributed by atoms with Crippen molar-refractivity contribution in [3.8, 4) is 0 Å². The van der Waals surface area contributed by atoms with Crippen LogP contribution in [0.2, 0.25) is 0 Å². The first kappa shape index (κ1) is 18.2. The van der Waals surface area contributed by atoms with E-state index in [1.807, 2.05) is 0 Å². The maximum Gasteiger partial charge on any atom is 0.235 e. The second kappa shape index (κ2) is 8.57. The van der Waals surface area contributed by atoms with Gasteiger partial charge in [-0.15, -0.1) is 0 Å². The normalized spacial score (nSPS) is 19.6. The van der Waals surface area contributed by atoms with Crippen LogP contribution in [-0.2, 0) is 14.8 Å². The maximum atomic E-state index is 11.3. The second-order valence-electron chi connectivity index (χ2n) is 4.76. The Morgan fingerprint density at radius 1 is 1.55 bits per heavy atom. The first-order valence-electron chi connectivity index (χ1n) is 7.16. The molecule has 1 aliphatic heterocycles. The van der Waals surface area contributed by atoms with Gasteiger partial charge in [-0.2, -0.15) is 0 Å². The lowest BCUT2D eigenvalue weighted by Gasteiger charge is -2.18. The Kier molecular flexibility index (Phi) is 7.10. The van der Waals surface area contributed by atoms with Crippen LogP contribution in [-0.4, -0.2) is 40.2 Å². The van der Waals surface area contributed by atoms with Crippen LogP contribution >= 0.6 is 0 Å². The quantitative estimate of drug-likeness (QED) is 0.547. The highest BCUT2D eigenvalue weighted by atomic mass is 32.2. The van der Waals surface area contributed by atoms with Gasteiger partial charge in [0.1, 0.15) is 11.9 Å². The van der Waals surface area contributed by atoms with Crippen LogP contribution in [0.25, 0.3) is 0 Å².